The predicted octanol–water partition coefficient (Wildman–Crippen LogP) is 5.60. The minimum atomic E-state index is -0.528. The monoisotopic (exact) mass is 488 g/mol. The first-order valence-electron chi connectivity index (χ1n) is 12.6. The molecule has 0 spiro atoms. The molecule has 36 heavy (non-hydrogen) atoms. The van der Waals surface area contributed by atoms with E-state index in [0.29, 0.717) is 30.8 Å². The van der Waals surface area contributed by atoms with Gasteiger partial charge in [-0.2, -0.15) is 0 Å². The van der Waals surface area contributed by atoms with Crippen molar-refractivity contribution in [2.75, 3.05) is 26.7 Å². The lowest BCUT2D eigenvalue weighted by molar-refractivity contribution is 0.0595. The van der Waals surface area contributed by atoms with Crippen molar-refractivity contribution < 1.29 is 18.7 Å². The highest BCUT2D eigenvalue weighted by Gasteiger charge is 2.28. The molecule has 0 saturated carbocycles. The predicted molar refractivity (Wildman–Crippen MR) is 139 cm³/mol. The lowest BCUT2D eigenvalue weighted by Gasteiger charge is -2.33. The van der Waals surface area contributed by atoms with E-state index in [4.69, 9.17) is 4.74 Å². The third kappa shape index (κ3) is 6.30. The van der Waals surface area contributed by atoms with Gasteiger partial charge in [-0.3, -0.25) is 9.59 Å². The summed E-state index contributed by atoms with van der Waals surface area (Å²) in [5.74, 6) is -0.460. The van der Waals surface area contributed by atoms with Crippen molar-refractivity contribution in [3.8, 4) is 5.75 Å². The number of ether oxygens (including phenoxy) is 1. The van der Waals surface area contributed by atoms with Crippen LogP contribution in [0.4, 0.5) is 4.39 Å². The van der Waals surface area contributed by atoms with Crippen LogP contribution < -0.4 is 4.74 Å². The van der Waals surface area contributed by atoms with Gasteiger partial charge in [0.1, 0.15) is 18.2 Å². The molecule has 0 fully saturated rings. The number of carbonyl (C=O) groups excluding carboxylic acids is 2. The second-order valence-corrected chi connectivity index (χ2v) is 9.27. The van der Waals surface area contributed by atoms with Gasteiger partial charge in [0.2, 0.25) is 0 Å². The van der Waals surface area contributed by atoms with Crippen LogP contribution in [0.2, 0.25) is 0 Å². The maximum Gasteiger partial charge on any atom is 0.257 e. The molecule has 0 aromatic heterocycles. The Morgan fingerprint density at radius 3 is 2.33 bits per heavy atom. The molecule has 2 amide bonds. The maximum absolute atomic E-state index is 14.6. The lowest BCUT2D eigenvalue weighted by atomic mass is 10.0. The van der Waals surface area contributed by atoms with E-state index >= 15 is 0 Å². The minimum absolute atomic E-state index is 0.0638. The molecule has 0 unspecified atom stereocenters. The molecule has 6 heteroatoms. The van der Waals surface area contributed by atoms with E-state index in [1.54, 1.807) is 34.1 Å². The Hall–Kier alpha value is -3.67. The maximum atomic E-state index is 14.6. The quantitative estimate of drug-likeness (QED) is 0.482. The normalized spacial score (nSPS) is 17.6. The summed E-state index contributed by atoms with van der Waals surface area (Å²) in [4.78, 5) is 30.3. The number of amides is 2. The molecule has 1 heterocycles. The highest BCUT2D eigenvalue weighted by molar-refractivity contribution is 5.97. The van der Waals surface area contributed by atoms with Gasteiger partial charge in [-0.1, -0.05) is 67.4 Å². The zero-order chi connectivity index (χ0) is 25.3. The average molecular weight is 489 g/mol. The Morgan fingerprint density at radius 2 is 1.56 bits per heavy atom. The SMILES string of the molecule is CN1CCCCCCN(C(=O)c2ccccc2F)[C@@H](Cc2ccccc2)COc2ccccc2C1=O. The summed E-state index contributed by atoms with van der Waals surface area (Å²) in [7, 11) is 1.82. The highest BCUT2D eigenvalue weighted by Crippen LogP contribution is 2.23. The number of carbonyl (C=O) groups is 2. The molecule has 1 aliphatic heterocycles. The fourth-order valence-corrected chi connectivity index (χ4v) is 4.63. The van der Waals surface area contributed by atoms with E-state index in [1.165, 1.54) is 12.1 Å². The van der Waals surface area contributed by atoms with Gasteiger partial charge in [-0.25, -0.2) is 4.39 Å². The molecule has 5 nitrogen and oxygen atoms in total. The summed E-state index contributed by atoms with van der Waals surface area (Å²) in [5, 5.41) is 0. The van der Waals surface area contributed by atoms with Crippen LogP contribution in [0.3, 0.4) is 0 Å². The molecule has 1 atom stereocenters. The third-order valence-electron chi connectivity index (χ3n) is 6.66. The van der Waals surface area contributed by atoms with Gasteiger partial charge >= 0.3 is 0 Å². The second-order valence-electron chi connectivity index (χ2n) is 9.27. The van der Waals surface area contributed by atoms with Crippen LogP contribution in [0.25, 0.3) is 0 Å². The zero-order valence-electron chi connectivity index (χ0n) is 20.7. The van der Waals surface area contributed by atoms with Crippen LogP contribution in [-0.2, 0) is 6.42 Å². The summed E-state index contributed by atoms with van der Waals surface area (Å²) in [6.45, 7) is 1.34. The molecule has 4 rings (SSSR count). The van der Waals surface area contributed by atoms with Gasteiger partial charge in [-0.05, 0) is 49.1 Å². The Kier molecular flexibility index (Phi) is 8.71. The fraction of sp³-hybridized carbons (Fsp3) is 0.333. The Labute approximate surface area is 212 Å². The van der Waals surface area contributed by atoms with Gasteiger partial charge in [0.05, 0.1) is 17.2 Å². The molecule has 188 valence electrons. The first-order valence-corrected chi connectivity index (χ1v) is 12.6. The fourth-order valence-electron chi connectivity index (χ4n) is 4.63. The number of rotatable bonds is 3. The number of para-hydroxylation sites is 1. The summed E-state index contributed by atoms with van der Waals surface area (Å²) in [6.07, 6.45) is 4.08. The van der Waals surface area contributed by atoms with E-state index < -0.39 is 5.82 Å². The van der Waals surface area contributed by atoms with Crippen molar-refractivity contribution in [1.82, 2.24) is 9.80 Å². The molecular weight excluding hydrogens is 455 g/mol. The van der Waals surface area contributed by atoms with Crippen molar-refractivity contribution in [3.63, 3.8) is 0 Å². The summed E-state index contributed by atoms with van der Waals surface area (Å²) in [6, 6.07) is 22.9. The number of hydrogen-bond acceptors (Lipinski definition) is 3. The third-order valence-corrected chi connectivity index (χ3v) is 6.66. The van der Waals surface area contributed by atoms with Gasteiger partial charge in [-0.15, -0.1) is 0 Å². The van der Waals surface area contributed by atoms with Crippen molar-refractivity contribution in [3.05, 3.63) is 101 Å². The zero-order valence-corrected chi connectivity index (χ0v) is 20.7. The van der Waals surface area contributed by atoms with Crippen LogP contribution in [-0.4, -0.2) is 54.4 Å². The first-order chi connectivity index (χ1) is 17.5. The smallest absolute Gasteiger partial charge is 0.257 e. The van der Waals surface area contributed by atoms with Crippen LogP contribution in [0.5, 0.6) is 5.75 Å². The average Bonchev–Trinajstić information content (AvgIpc) is 2.90. The van der Waals surface area contributed by atoms with E-state index in [1.807, 2.05) is 49.5 Å². The van der Waals surface area contributed by atoms with Crippen LogP contribution in [0.1, 0.15) is 52.0 Å². The van der Waals surface area contributed by atoms with E-state index in [0.717, 1.165) is 31.2 Å². The Balaban J connectivity index is 1.70. The topological polar surface area (TPSA) is 49.9 Å². The van der Waals surface area contributed by atoms with Crippen molar-refractivity contribution in [1.29, 1.82) is 0 Å². The highest BCUT2D eigenvalue weighted by atomic mass is 19.1. The number of benzene rings is 3. The molecule has 0 bridgehead atoms. The Morgan fingerprint density at radius 1 is 0.889 bits per heavy atom. The first kappa shape index (κ1) is 25.4. The minimum Gasteiger partial charge on any atom is -0.491 e. The van der Waals surface area contributed by atoms with Crippen LogP contribution in [0.15, 0.2) is 78.9 Å². The summed E-state index contributed by atoms with van der Waals surface area (Å²) >= 11 is 0. The number of hydrogen-bond donors (Lipinski definition) is 0. The molecule has 1 aliphatic rings. The summed E-state index contributed by atoms with van der Waals surface area (Å²) < 4.78 is 20.9. The largest absolute Gasteiger partial charge is 0.491 e. The molecule has 3 aromatic rings. The standard InChI is InChI=1S/C30H33FN2O3/c1-32-19-11-2-3-12-20-33(30(35)25-15-7-9-17-27(25)31)24(21-23-13-5-4-6-14-23)22-36-28-18-10-8-16-26(28)29(32)34/h4-10,13-18,24H,2-3,11-12,19-22H2,1H3/t24-/m0/s1. The van der Waals surface area contributed by atoms with Crippen molar-refractivity contribution in [2.24, 2.45) is 0 Å². The van der Waals surface area contributed by atoms with Gasteiger partial charge < -0.3 is 14.5 Å². The van der Waals surface area contributed by atoms with Crippen LogP contribution in [0, 0.1) is 5.82 Å². The van der Waals surface area contributed by atoms with Gasteiger partial charge in [0.25, 0.3) is 11.8 Å². The second kappa shape index (κ2) is 12.3. The molecular formula is C30H33FN2O3. The van der Waals surface area contributed by atoms with Crippen molar-refractivity contribution >= 4 is 11.8 Å². The number of halogens is 1. The molecule has 3 aromatic carbocycles. The molecule has 0 aliphatic carbocycles. The van der Waals surface area contributed by atoms with E-state index in [-0.39, 0.29) is 30.0 Å². The molecule has 0 N–H and O–H groups in total. The molecule has 0 radical (unpaired) electrons. The van der Waals surface area contributed by atoms with Gasteiger partial charge in [0.15, 0.2) is 0 Å². The Bertz CT molecular complexity index is 1170. The summed E-state index contributed by atoms with van der Waals surface area (Å²) in [5.41, 5.74) is 1.62. The van der Waals surface area contributed by atoms with E-state index in [9.17, 15) is 14.0 Å². The van der Waals surface area contributed by atoms with Crippen LogP contribution >= 0.6 is 0 Å². The lowest BCUT2D eigenvalue weighted by Crippen LogP contribution is -2.46. The number of nitrogens with zero attached hydrogens (tertiary/aromatic N) is 2. The molecule has 0 saturated heterocycles. The van der Waals surface area contributed by atoms with Crippen molar-refractivity contribution in [2.45, 2.75) is 38.1 Å². The number of fused-ring (bicyclic) bond motifs is 1. The van der Waals surface area contributed by atoms with E-state index in [2.05, 4.69) is 0 Å². The van der Waals surface area contributed by atoms with Gasteiger partial charge in [0, 0.05) is 20.1 Å².